The Morgan fingerprint density at radius 1 is 1.59 bits per heavy atom. The van der Waals surface area contributed by atoms with Gasteiger partial charge in [0.1, 0.15) is 0 Å². The first-order chi connectivity index (χ1) is 7.89. The van der Waals surface area contributed by atoms with Gasteiger partial charge >= 0.3 is 5.97 Å². The van der Waals surface area contributed by atoms with Crippen molar-refractivity contribution < 1.29 is 9.53 Å². The lowest BCUT2D eigenvalue weighted by molar-refractivity contribution is -0.137. The summed E-state index contributed by atoms with van der Waals surface area (Å²) in [5, 5.41) is 0. The Bertz CT molecular complexity index is 337. The molecule has 0 aromatic heterocycles. The minimum Gasteiger partial charge on any atom is -0.463 e. The summed E-state index contributed by atoms with van der Waals surface area (Å²) >= 11 is 0. The number of hydrogen-bond acceptors (Lipinski definition) is 2. The molecule has 0 N–H and O–H groups in total. The lowest BCUT2D eigenvalue weighted by atomic mass is 9.63. The lowest BCUT2D eigenvalue weighted by Crippen LogP contribution is -2.33. The van der Waals surface area contributed by atoms with Crippen molar-refractivity contribution in [2.24, 2.45) is 17.3 Å². The van der Waals surface area contributed by atoms with Crippen LogP contribution in [0.25, 0.3) is 0 Å². The smallest absolute Gasteiger partial charge is 0.330 e. The van der Waals surface area contributed by atoms with Crippen molar-refractivity contribution >= 4 is 5.97 Å². The van der Waals surface area contributed by atoms with Crippen molar-refractivity contribution in [3.05, 3.63) is 23.8 Å². The lowest BCUT2D eigenvalue weighted by Gasteiger charge is -2.42. The molecule has 0 heterocycles. The minimum absolute atomic E-state index is 0.196. The quantitative estimate of drug-likeness (QED) is 0.424. The molecule has 2 unspecified atom stereocenters. The Labute approximate surface area is 105 Å². The van der Waals surface area contributed by atoms with Gasteiger partial charge in [-0.1, -0.05) is 38.5 Å². The molecule has 0 saturated carbocycles. The molecule has 0 aromatic rings. The van der Waals surface area contributed by atoms with Crippen molar-refractivity contribution in [3.8, 4) is 0 Å². The van der Waals surface area contributed by atoms with Crippen LogP contribution in [0.3, 0.4) is 0 Å². The number of carbonyl (C=O) groups is 1. The Kier molecular flexibility index (Phi) is 4.55. The van der Waals surface area contributed by atoms with E-state index in [0.29, 0.717) is 18.4 Å². The number of carbonyl (C=O) groups excluding carboxylic acids is 1. The van der Waals surface area contributed by atoms with Gasteiger partial charge in [0.15, 0.2) is 0 Å². The van der Waals surface area contributed by atoms with Gasteiger partial charge in [0.2, 0.25) is 0 Å². The summed E-state index contributed by atoms with van der Waals surface area (Å²) in [6.45, 7) is 11.2. The second kappa shape index (κ2) is 5.52. The van der Waals surface area contributed by atoms with E-state index in [1.54, 1.807) is 6.08 Å². The van der Waals surface area contributed by atoms with E-state index in [9.17, 15) is 4.79 Å². The average Bonchev–Trinajstić information content (AvgIpc) is 2.24. The average molecular weight is 236 g/mol. The zero-order valence-corrected chi connectivity index (χ0v) is 11.6. The molecule has 1 aliphatic carbocycles. The zero-order valence-electron chi connectivity index (χ0n) is 11.6. The summed E-state index contributed by atoms with van der Waals surface area (Å²) in [6, 6.07) is 0. The van der Waals surface area contributed by atoms with E-state index in [4.69, 9.17) is 4.74 Å². The summed E-state index contributed by atoms with van der Waals surface area (Å²) in [5.41, 5.74) is 1.55. The van der Waals surface area contributed by atoms with Gasteiger partial charge in [-0.25, -0.2) is 4.79 Å². The van der Waals surface area contributed by atoms with Gasteiger partial charge in [0, 0.05) is 12.0 Å². The van der Waals surface area contributed by atoms with Gasteiger partial charge in [-0.15, -0.1) is 0 Å². The van der Waals surface area contributed by atoms with Gasteiger partial charge in [-0.3, -0.25) is 0 Å². The predicted octanol–water partition coefficient (Wildman–Crippen LogP) is 3.73. The van der Waals surface area contributed by atoms with Crippen LogP contribution in [0.1, 0.15) is 41.0 Å². The second-order valence-electron chi connectivity index (χ2n) is 5.50. The number of hydrogen-bond donors (Lipinski definition) is 0. The predicted molar refractivity (Wildman–Crippen MR) is 70.6 cm³/mol. The number of allylic oxidation sites excluding steroid dienone is 3. The minimum atomic E-state index is -0.241. The van der Waals surface area contributed by atoms with Gasteiger partial charge in [-0.05, 0) is 31.6 Å². The standard InChI is InChI=1S/C15H24O2/c1-6-17-14(16)10-9-13-11(2)7-8-12(3)15(13,4)5/h7,9-10,12-13H,6,8H2,1-5H3. The molecule has 96 valence electrons. The first-order valence-electron chi connectivity index (χ1n) is 6.41. The highest BCUT2D eigenvalue weighted by molar-refractivity contribution is 5.82. The molecule has 0 saturated heterocycles. The Hall–Kier alpha value is -1.05. The highest BCUT2D eigenvalue weighted by Gasteiger charge is 2.36. The van der Waals surface area contributed by atoms with E-state index in [-0.39, 0.29) is 11.4 Å². The van der Waals surface area contributed by atoms with Crippen LogP contribution in [-0.2, 0) is 9.53 Å². The molecular weight excluding hydrogens is 212 g/mol. The third kappa shape index (κ3) is 3.21. The zero-order chi connectivity index (χ0) is 13.1. The Balaban J connectivity index is 2.83. The molecule has 0 amide bonds. The molecule has 0 fully saturated rings. The number of esters is 1. The van der Waals surface area contributed by atoms with Crippen LogP contribution in [0.15, 0.2) is 23.8 Å². The summed E-state index contributed by atoms with van der Waals surface area (Å²) in [6.07, 6.45) is 6.99. The van der Waals surface area contributed by atoms with Crippen molar-refractivity contribution in [2.75, 3.05) is 6.61 Å². The van der Waals surface area contributed by atoms with Crippen LogP contribution < -0.4 is 0 Å². The molecule has 0 spiro atoms. The highest BCUT2D eigenvalue weighted by atomic mass is 16.5. The molecule has 0 bridgehead atoms. The maximum absolute atomic E-state index is 11.4. The molecule has 2 nitrogen and oxygen atoms in total. The largest absolute Gasteiger partial charge is 0.463 e. The van der Waals surface area contributed by atoms with Gasteiger partial charge in [-0.2, -0.15) is 0 Å². The summed E-state index contributed by atoms with van der Waals surface area (Å²) in [7, 11) is 0. The second-order valence-corrected chi connectivity index (χ2v) is 5.50. The van der Waals surface area contributed by atoms with Crippen LogP contribution in [-0.4, -0.2) is 12.6 Å². The summed E-state index contributed by atoms with van der Waals surface area (Å²) in [4.78, 5) is 11.4. The van der Waals surface area contributed by atoms with Crippen molar-refractivity contribution in [2.45, 2.75) is 41.0 Å². The highest BCUT2D eigenvalue weighted by Crippen LogP contribution is 2.45. The topological polar surface area (TPSA) is 26.3 Å². The first-order valence-corrected chi connectivity index (χ1v) is 6.41. The fourth-order valence-electron chi connectivity index (χ4n) is 2.45. The van der Waals surface area contributed by atoms with Crippen molar-refractivity contribution in [1.29, 1.82) is 0 Å². The van der Waals surface area contributed by atoms with E-state index >= 15 is 0 Å². The SMILES string of the molecule is CCOC(=O)C=CC1C(C)=CCC(C)C1(C)C. The van der Waals surface area contributed by atoms with E-state index in [0.717, 1.165) is 6.42 Å². The number of ether oxygens (including phenoxy) is 1. The monoisotopic (exact) mass is 236 g/mol. The van der Waals surface area contributed by atoms with E-state index < -0.39 is 0 Å². The molecule has 0 aliphatic heterocycles. The summed E-state index contributed by atoms with van der Waals surface area (Å²) in [5.74, 6) is 0.716. The van der Waals surface area contributed by atoms with Gasteiger partial charge in [0.25, 0.3) is 0 Å². The maximum atomic E-state index is 11.4. The van der Waals surface area contributed by atoms with Gasteiger partial charge < -0.3 is 4.74 Å². The van der Waals surface area contributed by atoms with E-state index in [1.807, 2.05) is 13.0 Å². The molecule has 0 radical (unpaired) electrons. The van der Waals surface area contributed by atoms with E-state index in [2.05, 4.69) is 33.8 Å². The molecule has 17 heavy (non-hydrogen) atoms. The molecule has 1 rings (SSSR count). The fourth-order valence-corrected chi connectivity index (χ4v) is 2.45. The molecule has 2 heteroatoms. The van der Waals surface area contributed by atoms with Crippen LogP contribution in [0.2, 0.25) is 0 Å². The van der Waals surface area contributed by atoms with Crippen LogP contribution >= 0.6 is 0 Å². The third-order valence-corrected chi connectivity index (χ3v) is 4.07. The Morgan fingerprint density at radius 3 is 2.82 bits per heavy atom. The summed E-state index contributed by atoms with van der Waals surface area (Å²) < 4.78 is 4.92. The van der Waals surface area contributed by atoms with Crippen LogP contribution in [0.4, 0.5) is 0 Å². The van der Waals surface area contributed by atoms with Crippen LogP contribution in [0.5, 0.6) is 0 Å². The first kappa shape index (κ1) is 14.0. The van der Waals surface area contributed by atoms with Crippen molar-refractivity contribution in [1.82, 2.24) is 0 Å². The van der Waals surface area contributed by atoms with Crippen molar-refractivity contribution in [3.63, 3.8) is 0 Å². The molecule has 1 aliphatic rings. The normalized spacial score (nSPS) is 27.9. The molecular formula is C15H24O2. The third-order valence-electron chi connectivity index (χ3n) is 4.07. The fraction of sp³-hybridized carbons (Fsp3) is 0.667. The van der Waals surface area contributed by atoms with E-state index in [1.165, 1.54) is 5.57 Å². The molecule has 0 aromatic carbocycles. The molecule has 2 atom stereocenters. The Morgan fingerprint density at radius 2 is 2.24 bits per heavy atom. The maximum Gasteiger partial charge on any atom is 0.330 e. The van der Waals surface area contributed by atoms with Gasteiger partial charge in [0.05, 0.1) is 6.61 Å². The van der Waals surface area contributed by atoms with Crippen LogP contribution in [0, 0.1) is 17.3 Å². The number of rotatable bonds is 3.